The van der Waals surface area contributed by atoms with Gasteiger partial charge in [0.05, 0.1) is 25.4 Å². The number of amides is 2. The summed E-state index contributed by atoms with van der Waals surface area (Å²) >= 11 is 0. The van der Waals surface area contributed by atoms with E-state index in [-0.39, 0.29) is 24.4 Å². The summed E-state index contributed by atoms with van der Waals surface area (Å²) in [7, 11) is 1.65. The zero-order chi connectivity index (χ0) is 23.5. The predicted molar refractivity (Wildman–Crippen MR) is 128 cm³/mol. The number of hydrazone groups is 1. The lowest BCUT2D eigenvalue weighted by Gasteiger charge is -2.34. The fourth-order valence-electron chi connectivity index (χ4n) is 4.50. The first-order valence-electron chi connectivity index (χ1n) is 11.5. The van der Waals surface area contributed by atoms with E-state index >= 15 is 0 Å². The largest absolute Gasteiger partial charge is 0.496 e. The molecule has 7 nitrogen and oxygen atoms in total. The zero-order valence-electron chi connectivity index (χ0n) is 19.9. The molecule has 33 heavy (non-hydrogen) atoms. The van der Waals surface area contributed by atoms with Gasteiger partial charge in [-0.25, -0.2) is 5.01 Å². The van der Waals surface area contributed by atoms with Crippen LogP contribution in [-0.2, 0) is 9.59 Å². The van der Waals surface area contributed by atoms with Gasteiger partial charge in [0, 0.05) is 45.1 Å². The van der Waals surface area contributed by atoms with Gasteiger partial charge in [-0.1, -0.05) is 30.3 Å². The highest BCUT2D eigenvalue weighted by atomic mass is 16.5. The molecule has 0 saturated carbocycles. The highest BCUT2D eigenvalue weighted by molar-refractivity contribution is 6.03. The van der Waals surface area contributed by atoms with E-state index in [4.69, 9.17) is 9.84 Å². The number of benzene rings is 2. The molecule has 0 radical (unpaired) electrons. The van der Waals surface area contributed by atoms with Gasteiger partial charge in [-0.15, -0.1) is 0 Å². The summed E-state index contributed by atoms with van der Waals surface area (Å²) in [6.07, 6.45) is 0.632. The van der Waals surface area contributed by atoms with Crippen molar-refractivity contribution in [3.05, 3.63) is 64.7 Å². The molecule has 0 N–H and O–H groups in total. The van der Waals surface area contributed by atoms with E-state index in [2.05, 4.69) is 36.9 Å². The van der Waals surface area contributed by atoms with E-state index in [1.165, 1.54) is 11.1 Å². The SMILES string of the molecule is COc1ccccc1[C@H]1CC(c2ccc(C)c(C)c2)=NN1C(=O)CN1CCN(C(C)=O)CC1. The normalized spacial score (nSPS) is 18.9. The smallest absolute Gasteiger partial charge is 0.257 e. The minimum Gasteiger partial charge on any atom is -0.496 e. The van der Waals surface area contributed by atoms with Gasteiger partial charge in [0.1, 0.15) is 5.75 Å². The lowest BCUT2D eigenvalue weighted by molar-refractivity contribution is -0.135. The van der Waals surface area contributed by atoms with Crippen LogP contribution < -0.4 is 4.74 Å². The van der Waals surface area contributed by atoms with Gasteiger partial charge in [0.2, 0.25) is 5.91 Å². The van der Waals surface area contributed by atoms with Crippen LogP contribution in [0.3, 0.4) is 0 Å². The van der Waals surface area contributed by atoms with Gasteiger partial charge in [-0.05, 0) is 42.7 Å². The minimum absolute atomic E-state index is 0.0407. The van der Waals surface area contributed by atoms with E-state index < -0.39 is 0 Å². The van der Waals surface area contributed by atoms with Crippen LogP contribution in [0.25, 0.3) is 0 Å². The monoisotopic (exact) mass is 448 g/mol. The second kappa shape index (κ2) is 9.75. The second-order valence-electron chi connectivity index (χ2n) is 8.83. The quantitative estimate of drug-likeness (QED) is 0.705. The molecule has 7 heteroatoms. The highest BCUT2D eigenvalue weighted by Crippen LogP contribution is 2.37. The van der Waals surface area contributed by atoms with Gasteiger partial charge >= 0.3 is 0 Å². The molecule has 2 aliphatic heterocycles. The van der Waals surface area contributed by atoms with Crippen molar-refractivity contribution in [2.24, 2.45) is 5.10 Å². The molecule has 0 aliphatic carbocycles. The number of nitrogens with zero attached hydrogens (tertiary/aromatic N) is 4. The fourth-order valence-corrected chi connectivity index (χ4v) is 4.50. The maximum Gasteiger partial charge on any atom is 0.257 e. The number of carbonyl (C=O) groups is 2. The Morgan fingerprint density at radius 3 is 2.42 bits per heavy atom. The van der Waals surface area contributed by atoms with Gasteiger partial charge in [0.25, 0.3) is 5.91 Å². The van der Waals surface area contributed by atoms with E-state index in [0.717, 1.165) is 22.6 Å². The van der Waals surface area contributed by atoms with Crippen LogP contribution in [0.1, 0.15) is 41.6 Å². The number of hydrogen-bond acceptors (Lipinski definition) is 5. The summed E-state index contributed by atoms with van der Waals surface area (Å²) in [6, 6.07) is 13.9. The molecular weight excluding hydrogens is 416 g/mol. The first-order chi connectivity index (χ1) is 15.9. The lowest BCUT2D eigenvalue weighted by atomic mass is 9.96. The second-order valence-corrected chi connectivity index (χ2v) is 8.83. The van der Waals surface area contributed by atoms with E-state index in [9.17, 15) is 9.59 Å². The average molecular weight is 449 g/mol. The van der Waals surface area contributed by atoms with E-state index in [1.54, 1.807) is 19.0 Å². The molecule has 1 fully saturated rings. The van der Waals surface area contributed by atoms with Crippen LogP contribution in [0.5, 0.6) is 5.75 Å². The van der Waals surface area contributed by atoms with Crippen molar-refractivity contribution < 1.29 is 14.3 Å². The molecule has 0 aromatic heterocycles. The van der Waals surface area contributed by atoms with Gasteiger partial charge in [0.15, 0.2) is 0 Å². The van der Waals surface area contributed by atoms with E-state index in [1.807, 2.05) is 29.2 Å². The van der Waals surface area contributed by atoms with Gasteiger partial charge in [-0.3, -0.25) is 14.5 Å². The standard InChI is InChI=1S/C26H32N4O3/c1-18-9-10-21(15-19(18)2)23-16-24(22-7-5-6-8-25(22)33-4)30(27-23)26(32)17-28-11-13-29(14-12-28)20(3)31/h5-10,15,24H,11-14,16-17H2,1-4H3/t24-/m1/s1. The van der Waals surface area contributed by atoms with Crippen molar-refractivity contribution in [1.29, 1.82) is 0 Å². The Kier molecular flexibility index (Phi) is 6.79. The van der Waals surface area contributed by atoms with Crippen molar-refractivity contribution >= 4 is 17.5 Å². The third-order valence-electron chi connectivity index (χ3n) is 6.68. The predicted octanol–water partition coefficient (Wildman–Crippen LogP) is 3.15. The Morgan fingerprint density at radius 1 is 1.03 bits per heavy atom. The first-order valence-corrected chi connectivity index (χ1v) is 11.5. The van der Waals surface area contributed by atoms with Crippen LogP contribution in [-0.4, -0.2) is 72.2 Å². The molecule has 0 unspecified atom stereocenters. The Balaban J connectivity index is 1.59. The van der Waals surface area contributed by atoms with Crippen LogP contribution in [0.4, 0.5) is 0 Å². The summed E-state index contributed by atoms with van der Waals surface area (Å²) in [6.45, 7) is 8.72. The third-order valence-corrected chi connectivity index (χ3v) is 6.68. The molecule has 2 heterocycles. The summed E-state index contributed by atoms with van der Waals surface area (Å²) in [5.41, 5.74) is 5.35. The zero-order valence-corrected chi connectivity index (χ0v) is 19.9. The number of methoxy groups -OCH3 is 1. The van der Waals surface area contributed by atoms with E-state index in [0.29, 0.717) is 32.6 Å². The van der Waals surface area contributed by atoms with Crippen molar-refractivity contribution in [2.75, 3.05) is 39.8 Å². The Bertz CT molecular complexity index is 1070. The van der Waals surface area contributed by atoms with Crippen LogP contribution in [0.2, 0.25) is 0 Å². The molecule has 2 amide bonds. The van der Waals surface area contributed by atoms with Crippen molar-refractivity contribution in [3.8, 4) is 5.75 Å². The Hall–Kier alpha value is -3.19. The molecule has 0 bridgehead atoms. The van der Waals surface area contributed by atoms with Crippen molar-refractivity contribution in [3.63, 3.8) is 0 Å². The molecule has 0 spiro atoms. The molecular formula is C26H32N4O3. The Morgan fingerprint density at radius 2 is 1.76 bits per heavy atom. The number of ether oxygens (including phenoxy) is 1. The van der Waals surface area contributed by atoms with Gasteiger partial charge < -0.3 is 9.64 Å². The first kappa shape index (κ1) is 23.0. The molecule has 4 rings (SSSR count). The number of carbonyl (C=O) groups excluding carboxylic acids is 2. The average Bonchev–Trinajstić information content (AvgIpc) is 3.26. The molecule has 1 saturated heterocycles. The van der Waals surface area contributed by atoms with Crippen molar-refractivity contribution in [2.45, 2.75) is 33.2 Å². The summed E-state index contributed by atoms with van der Waals surface area (Å²) in [4.78, 5) is 29.0. The Labute approximate surface area is 195 Å². The number of rotatable bonds is 5. The van der Waals surface area contributed by atoms with Crippen LogP contribution in [0.15, 0.2) is 47.6 Å². The summed E-state index contributed by atoms with van der Waals surface area (Å²) < 4.78 is 5.61. The summed E-state index contributed by atoms with van der Waals surface area (Å²) in [5.74, 6) is 0.798. The fraction of sp³-hybridized carbons (Fsp3) is 0.423. The molecule has 2 aromatic rings. The molecule has 2 aromatic carbocycles. The van der Waals surface area contributed by atoms with Crippen molar-refractivity contribution in [1.82, 2.24) is 14.8 Å². The van der Waals surface area contributed by atoms with Crippen LogP contribution >= 0.6 is 0 Å². The number of aryl methyl sites for hydroxylation is 2. The molecule has 174 valence electrons. The number of para-hydroxylation sites is 1. The van der Waals surface area contributed by atoms with Crippen LogP contribution in [0, 0.1) is 13.8 Å². The third kappa shape index (κ3) is 4.93. The number of piperazine rings is 1. The maximum absolute atomic E-state index is 13.5. The highest BCUT2D eigenvalue weighted by Gasteiger charge is 2.35. The summed E-state index contributed by atoms with van der Waals surface area (Å²) in [5, 5.41) is 6.46. The number of hydrogen-bond donors (Lipinski definition) is 0. The van der Waals surface area contributed by atoms with Gasteiger partial charge in [-0.2, -0.15) is 5.10 Å². The minimum atomic E-state index is -0.219. The lowest BCUT2D eigenvalue weighted by Crippen LogP contribution is -2.50. The maximum atomic E-state index is 13.5. The topological polar surface area (TPSA) is 65.5 Å². The molecule has 2 aliphatic rings. The molecule has 1 atom stereocenters.